The summed E-state index contributed by atoms with van der Waals surface area (Å²) in [4.78, 5) is 26.4. The molecule has 0 aromatic heterocycles. The van der Waals surface area contributed by atoms with Crippen LogP contribution >= 0.6 is 0 Å². The molecule has 0 radical (unpaired) electrons. The largest absolute Gasteiger partial charge is 0.489 e. The third-order valence-corrected chi connectivity index (χ3v) is 4.84. The summed E-state index contributed by atoms with van der Waals surface area (Å²) >= 11 is 0. The Hall–Kier alpha value is -2.86. The molecule has 2 aromatic rings. The fourth-order valence-electron chi connectivity index (χ4n) is 3.28. The lowest BCUT2D eigenvalue weighted by molar-refractivity contribution is -0.130. The van der Waals surface area contributed by atoms with E-state index in [1.807, 2.05) is 49.4 Å². The number of carbonyl (C=O) groups excluding carboxylic acids is 2. The van der Waals surface area contributed by atoms with E-state index in [2.05, 4.69) is 5.32 Å². The normalized spacial score (nSPS) is 17.4. The molecular weight excluding hydrogens is 356 g/mol. The van der Waals surface area contributed by atoms with Gasteiger partial charge in [0.2, 0.25) is 11.8 Å². The van der Waals surface area contributed by atoms with Crippen LogP contribution in [-0.2, 0) is 20.9 Å². The maximum atomic E-state index is 12.5. The second kappa shape index (κ2) is 9.37. The molecule has 0 aliphatic carbocycles. The lowest BCUT2D eigenvalue weighted by Gasteiger charge is -2.23. The molecule has 1 saturated heterocycles. The Kier molecular flexibility index (Phi) is 6.66. The molecule has 1 heterocycles. The molecule has 1 N–H and O–H groups in total. The minimum Gasteiger partial charge on any atom is -0.489 e. The van der Waals surface area contributed by atoms with Gasteiger partial charge in [-0.05, 0) is 36.8 Å². The van der Waals surface area contributed by atoms with E-state index in [1.54, 1.807) is 24.1 Å². The van der Waals surface area contributed by atoms with Gasteiger partial charge < -0.3 is 19.7 Å². The molecule has 2 atom stereocenters. The van der Waals surface area contributed by atoms with Crippen molar-refractivity contribution in [2.75, 3.05) is 25.6 Å². The van der Waals surface area contributed by atoms with Crippen LogP contribution in [0.3, 0.4) is 0 Å². The van der Waals surface area contributed by atoms with Gasteiger partial charge in [-0.15, -0.1) is 0 Å². The summed E-state index contributed by atoms with van der Waals surface area (Å²) in [5, 5.41) is 2.89. The number of benzene rings is 2. The zero-order valence-electron chi connectivity index (χ0n) is 16.3. The average Bonchev–Trinajstić information content (AvgIpc) is 3.10. The number of carbonyl (C=O) groups is 2. The molecule has 0 unspecified atom stereocenters. The number of rotatable bonds is 8. The van der Waals surface area contributed by atoms with Crippen molar-refractivity contribution in [2.24, 2.45) is 5.92 Å². The van der Waals surface area contributed by atoms with Gasteiger partial charge in [-0.2, -0.15) is 0 Å². The Morgan fingerprint density at radius 3 is 2.57 bits per heavy atom. The maximum Gasteiger partial charge on any atom is 0.229 e. The number of anilines is 1. The van der Waals surface area contributed by atoms with Crippen LogP contribution < -0.4 is 10.1 Å². The highest BCUT2D eigenvalue weighted by atomic mass is 16.5. The highest BCUT2D eigenvalue weighted by molar-refractivity contribution is 5.97. The SMILES string of the molecule is COC[C@@H](C)N1C[C@H](C(=O)Nc2ccc(OCc3ccccc3)cc2)CC1=O. The molecule has 1 aliphatic heterocycles. The third kappa shape index (κ3) is 5.10. The number of ether oxygens (including phenoxy) is 2. The summed E-state index contributed by atoms with van der Waals surface area (Å²) in [6, 6.07) is 17.2. The van der Waals surface area contributed by atoms with Crippen molar-refractivity contribution in [1.82, 2.24) is 4.90 Å². The first-order valence-corrected chi connectivity index (χ1v) is 9.43. The first-order valence-electron chi connectivity index (χ1n) is 9.43. The number of hydrogen-bond acceptors (Lipinski definition) is 4. The summed E-state index contributed by atoms with van der Waals surface area (Å²) < 4.78 is 10.9. The van der Waals surface area contributed by atoms with Crippen LogP contribution in [0.5, 0.6) is 5.75 Å². The Labute approximate surface area is 165 Å². The number of nitrogens with zero attached hydrogens (tertiary/aromatic N) is 1. The van der Waals surface area contributed by atoms with E-state index in [1.165, 1.54) is 0 Å². The quantitative estimate of drug-likeness (QED) is 0.762. The van der Waals surface area contributed by atoms with Gasteiger partial charge in [0.15, 0.2) is 0 Å². The Morgan fingerprint density at radius 2 is 1.89 bits per heavy atom. The highest BCUT2D eigenvalue weighted by Gasteiger charge is 2.36. The fourth-order valence-corrected chi connectivity index (χ4v) is 3.28. The molecule has 0 saturated carbocycles. The van der Waals surface area contributed by atoms with Gasteiger partial charge in [0.1, 0.15) is 12.4 Å². The molecule has 148 valence electrons. The van der Waals surface area contributed by atoms with Crippen LogP contribution in [0.15, 0.2) is 54.6 Å². The molecule has 1 aliphatic rings. The van der Waals surface area contributed by atoms with Crippen molar-refractivity contribution in [3.05, 3.63) is 60.2 Å². The maximum absolute atomic E-state index is 12.5. The van der Waals surface area contributed by atoms with Crippen molar-refractivity contribution in [1.29, 1.82) is 0 Å². The summed E-state index contributed by atoms with van der Waals surface area (Å²) in [6.45, 7) is 3.31. The molecule has 3 rings (SSSR count). The lowest BCUT2D eigenvalue weighted by Crippen LogP contribution is -2.38. The van der Waals surface area contributed by atoms with Gasteiger partial charge in [0.25, 0.3) is 0 Å². The molecule has 6 heteroatoms. The van der Waals surface area contributed by atoms with E-state index in [-0.39, 0.29) is 30.2 Å². The summed E-state index contributed by atoms with van der Waals surface area (Å²) in [5.41, 5.74) is 1.78. The van der Waals surface area contributed by atoms with E-state index in [0.717, 1.165) is 11.3 Å². The standard InChI is InChI=1S/C22H26N2O4/c1-16(14-27-2)24-13-18(12-21(24)25)22(26)23-19-8-10-20(11-9-19)28-15-17-6-4-3-5-7-17/h3-11,16,18H,12-15H2,1-2H3,(H,23,26)/t16-,18-/m1/s1. The summed E-state index contributed by atoms with van der Waals surface area (Å²) in [7, 11) is 1.61. The van der Waals surface area contributed by atoms with Crippen molar-refractivity contribution < 1.29 is 19.1 Å². The van der Waals surface area contributed by atoms with Gasteiger partial charge in [0.05, 0.1) is 18.6 Å². The number of likely N-dealkylation sites (tertiary alicyclic amines) is 1. The zero-order chi connectivity index (χ0) is 19.9. The summed E-state index contributed by atoms with van der Waals surface area (Å²) in [5.74, 6) is 0.242. The van der Waals surface area contributed by atoms with Crippen LogP contribution in [-0.4, -0.2) is 43.0 Å². The Bertz CT molecular complexity index is 792. The van der Waals surface area contributed by atoms with Crippen LogP contribution in [0.4, 0.5) is 5.69 Å². The van der Waals surface area contributed by atoms with E-state index in [0.29, 0.717) is 25.4 Å². The van der Waals surface area contributed by atoms with Crippen LogP contribution in [0.2, 0.25) is 0 Å². The molecule has 2 amide bonds. The number of amides is 2. The number of hydrogen-bond donors (Lipinski definition) is 1. The van der Waals surface area contributed by atoms with Gasteiger partial charge in [-0.3, -0.25) is 9.59 Å². The Balaban J connectivity index is 1.51. The van der Waals surface area contributed by atoms with Crippen molar-refractivity contribution in [2.45, 2.75) is 26.0 Å². The fraction of sp³-hybridized carbons (Fsp3) is 0.364. The zero-order valence-corrected chi connectivity index (χ0v) is 16.3. The molecule has 2 aromatic carbocycles. The van der Waals surface area contributed by atoms with Gasteiger partial charge in [0, 0.05) is 25.8 Å². The van der Waals surface area contributed by atoms with Gasteiger partial charge in [-0.1, -0.05) is 30.3 Å². The molecule has 0 bridgehead atoms. The molecule has 6 nitrogen and oxygen atoms in total. The molecule has 28 heavy (non-hydrogen) atoms. The smallest absolute Gasteiger partial charge is 0.229 e. The molecule has 0 spiro atoms. The van der Waals surface area contributed by atoms with Crippen LogP contribution in [0, 0.1) is 5.92 Å². The Morgan fingerprint density at radius 1 is 1.18 bits per heavy atom. The van der Waals surface area contributed by atoms with E-state index >= 15 is 0 Å². The third-order valence-electron chi connectivity index (χ3n) is 4.84. The minimum absolute atomic E-state index is 0.00522. The van der Waals surface area contributed by atoms with E-state index < -0.39 is 0 Å². The van der Waals surface area contributed by atoms with Crippen molar-refractivity contribution >= 4 is 17.5 Å². The monoisotopic (exact) mass is 382 g/mol. The van der Waals surface area contributed by atoms with Crippen molar-refractivity contribution in [3.63, 3.8) is 0 Å². The van der Waals surface area contributed by atoms with Crippen molar-refractivity contribution in [3.8, 4) is 5.75 Å². The second-order valence-corrected chi connectivity index (χ2v) is 7.04. The van der Waals surface area contributed by atoms with Crippen LogP contribution in [0.1, 0.15) is 18.9 Å². The summed E-state index contributed by atoms with van der Waals surface area (Å²) in [6.07, 6.45) is 0.234. The highest BCUT2D eigenvalue weighted by Crippen LogP contribution is 2.23. The first-order chi connectivity index (χ1) is 13.6. The van der Waals surface area contributed by atoms with Gasteiger partial charge in [-0.25, -0.2) is 0 Å². The lowest BCUT2D eigenvalue weighted by atomic mass is 10.1. The van der Waals surface area contributed by atoms with E-state index in [4.69, 9.17) is 9.47 Å². The molecular formula is C22H26N2O4. The predicted molar refractivity (Wildman–Crippen MR) is 107 cm³/mol. The van der Waals surface area contributed by atoms with Crippen LogP contribution in [0.25, 0.3) is 0 Å². The predicted octanol–water partition coefficient (Wildman–Crippen LogP) is 3.09. The van der Waals surface area contributed by atoms with E-state index in [9.17, 15) is 9.59 Å². The number of nitrogens with one attached hydrogen (secondary N) is 1. The first kappa shape index (κ1) is 19.9. The number of methoxy groups -OCH3 is 1. The van der Waals surface area contributed by atoms with Gasteiger partial charge >= 0.3 is 0 Å². The topological polar surface area (TPSA) is 67.9 Å². The second-order valence-electron chi connectivity index (χ2n) is 7.04. The molecule has 1 fully saturated rings. The average molecular weight is 382 g/mol. The minimum atomic E-state index is -0.346.